The second-order valence-corrected chi connectivity index (χ2v) is 18.0. The summed E-state index contributed by atoms with van der Waals surface area (Å²) in [6, 6.07) is 65.9. The summed E-state index contributed by atoms with van der Waals surface area (Å²) in [7, 11) is 0. The van der Waals surface area contributed by atoms with Crippen LogP contribution in [0.3, 0.4) is 0 Å². The Balaban J connectivity index is 1.34. The molecule has 3 aliphatic carbocycles. The van der Waals surface area contributed by atoms with E-state index in [-0.39, 0.29) is 16.2 Å². The van der Waals surface area contributed by atoms with Gasteiger partial charge in [-0.1, -0.05) is 199 Å². The number of rotatable bonds is 5. The van der Waals surface area contributed by atoms with E-state index < -0.39 is 0 Å². The van der Waals surface area contributed by atoms with Crippen molar-refractivity contribution < 1.29 is 0 Å². The third-order valence-electron chi connectivity index (χ3n) is 13.8. The molecule has 0 bridgehead atoms. The zero-order valence-corrected chi connectivity index (χ0v) is 34.2. The minimum Gasteiger partial charge on any atom is -0.309 e. The smallest absolute Gasteiger partial charge is 0.0556 e. The fraction of sp³-hybridized carbons (Fsp3) is 0.158. The Morgan fingerprint density at radius 1 is 0.328 bits per heavy atom. The van der Waals surface area contributed by atoms with Crippen LogP contribution >= 0.6 is 0 Å². The van der Waals surface area contributed by atoms with Gasteiger partial charge in [0, 0.05) is 27.5 Å². The van der Waals surface area contributed by atoms with E-state index in [0.717, 1.165) is 0 Å². The summed E-state index contributed by atoms with van der Waals surface area (Å²) >= 11 is 0. The van der Waals surface area contributed by atoms with Gasteiger partial charge >= 0.3 is 0 Å². The van der Waals surface area contributed by atoms with Crippen LogP contribution in [0.15, 0.2) is 176 Å². The zero-order valence-electron chi connectivity index (χ0n) is 34.2. The molecule has 0 N–H and O–H groups in total. The molecule has 8 aromatic carbocycles. The van der Waals surface area contributed by atoms with Gasteiger partial charge in [0.2, 0.25) is 0 Å². The van der Waals surface area contributed by atoms with E-state index in [0.29, 0.717) is 0 Å². The van der Waals surface area contributed by atoms with E-state index in [1.165, 1.54) is 106 Å². The maximum absolute atomic E-state index is 2.68. The molecule has 3 aliphatic rings. The van der Waals surface area contributed by atoms with Crippen LogP contribution < -0.4 is 4.90 Å². The summed E-state index contributed by atoms with van der Waals surface area (Å²) in [5.74, 6) is 0. The summed E-state index contributed by atoms with van der Waals surface area (Å²) in [6.45, 7) is 14.6. The van der Waals surface area contributed by atoms with E-state index in [4.69, 9.17) is 0 Å². The van der Waals surface area contributed by atoms with Crippen molar-refractivity contribution in [1.82, 2.24) is 0 Å². The molecule has 0 saturated carbocycles. The second-order valence-electron chi connectivity index (χ2n) is 18.0. The first-order chi connectivity index (χ1) is 28.1. The van der Waals surface area contributed by atoms with Gasteiger partial charge in [-0.3, -0.25) is 0 Å². The predicted molar refractivity (Wildman–Crippen MR) is 245 cm³/mol. The monoisotopic (exact) mass is 745 g/mol. The van der Waals surface area contributed by atoms with Gasteiger partial charge in [0.05, 0.1) is 11.4 Å². The summed E-state index contributed by atoms with van der Waals surface area (Å²) in [5, 5.41) is 0. The third-order valence-corrected chi connectivity index (χ3v) is 13.8. The van der Waals surface area contributed by atoms with Crippen LogP contribution in [0.25, 0.3) is 55.6 Å². The van der Waals surface area contributed by atoms with Gasteiger partial charge in [-0.25, -0.2) is 0 Å². The molecule has 0 atom stereocenters. The molecule has 11 rings (SSSR count). The third kappa shape index (κ3) is 4.65. The average Bonchev–Trinajstić information content (AvgIpc) is 3.74. The topological polar surface area (TPSA) is 3.24 Å². The number of anilines is 3. The highest BCUT2D eigenvalue weighted by Crippen LogP contribution is 2.66. The van der Waals surface area contributed by atoms with Crippen molar-refractivity contribution in [2.24, 2.45) is 0 Å². The number of para-hydroxylation sites is 1. The van der Waals surface area contributed by atoms with E-state index >= 15 is 0 Å². The Morgan fingerprint density at radius 3 is 1.33 bits per heavy atom. The molecule has 0 unspecified atom stereocenters. The van der Waals surface area contributed by atoms with E-state index in [2.05, 4.69) is 222 Å². The van der Waals surface area contributed by atoms with Crippen molar-refractivity contribution in [1.29, 1.82) is 0 Å². The van der Waals surface area contributed by atoms with E-state index in [9.17, 15) is 0 Å². The first-order valence-corrected chi connectivity index (χ1v) is 20.8. The van der Waals surface area contributed by atoms with Gasteiger partial charge in [-0.05, 0) is 102 Å². The summed E-state index contributed by atoms with van der Waals surface area (Å²) in [4.78, 5) is 2.68. The number of nitrogens with zero attached hydrogens (tertiary/aromatic N) is 1. The molecule has 58 heavy (non-hydrogen) atoms. The van der Waals surface area contributed by atoms with E-state index in [1.807, 2.05) is 0 Å². The van der Waals surface area contributed by atoms with Gasteiger partial charge in [-0.2, -0.15) is 0 Å². The van der Waals surface area contributed by atoms with Gasteiger partial charge < -0.3 is 4.90 Å². The van der Waals surface area contributed by atoms with Crippen molar-refractivity contribution in [2.45, 2.75) is 57.8 Å². The molecule has 0 aliphatic heterocycles. The molecule has 0 heterocycles. The van der Waals surface area contributed by atoms with Crippen molar-refractivity contribution in [3.8, 4) is 55.6 Å². The summed E-state index contributed by atoms with van der Waals surface area (Å²) in [5.41, 5.74) is 24.2. The highest BCUT2D eigenvalue weighted by atomic mass is 15.2. The van der Waals surface area contributed by atoms with Crippen molar-refractivity contribution in [2.75, 3.05) is 4.90 Å². The Labute approximate surface area is 343 Å². The van der Waals surface area contributed by atoms with Gasteiger partial charge in [0.15, 0.2) is 0 Å². The summed E-state index contributed by atoms with van der Waals surface area (Å²) in [6.07, 6.45) is 0. The standard InChI is InChI=1S/C57H47N/c1-55(2)44-29-17-13-26-40(44)41-34-33-38(35-47(41)55)58(48-32-20-16-25-39(48)36-21-9-7-10-22-36)54-52-50(42-27-14-18-30-45(42)56(52,3)4)49(37-23-11-8-12-24-37)51-43-28-15-19-31-46(43)57(5,6)53(51)54/h7-35H,1-6H3. The first kappa shape index (κ1) is 34.8. The lowest BCUT2D eigenvalue weighted by molar-refractivity contribution is 0.640. The van der Waals surface area contributed by atoms with Crippen LogP contribution in [0.2, 0.25) is 0 Å². The molecule has 0 fully saturated rings. The van der Waals surface area contributed by atoms with Crippen molar-refractivity contribution in [3.05, 3.63) is 209 Å². The van der Waals surface area contributed by atoms with Crippen LogP contribution in [0, 0.1) is 0 Å². The van der Waals surface area contributed by atoms with Crippen LogP contribution in [0.4, 0.5) is 17.1 Å². The SMILES string of the molecule is CC1(C)c2ccccc2-c2ccc(N(c3ccccc3-c3ccccc3)c3c4c(c(-c5ccccc5)c5c3C(C)(C)c3ccccc3-5)-c3ccccc3C4(C)C)cc21. The Kier molecular flexibility index (Phi) is 7.36. The normalized spacial score (nSPS) is 15.5. The second kappa shape index (κ2) is 12.3. The molecule has 1 nitrogen and oxygen atoms in total. The van der Waals surface area contributed by atoms with Crippen LogP contribution in [-0.2, 0) is 16.2 Å². The number of hydrogen-bond donors (Lipinski definition) is 0. The highest BCUT2D eigenvalue weighted by Gasteiger charge is 2.49. The molecule has 0 amide bonds. The molecule has 1 heteroatoms. The number of hydrogen-bond acceptors (Lipinski definition) is 1. The Bertz CT molecular complexity index is 2880. The lowest BCUT2D eigenvalue weighted by Gasteiger charge is -2.39. The molecular formula is C57H47N. The van der Waals surface area contributed by atoms with Crippen LogP contribution in [0.1, 0.15) is 74.9 Å². The molecule has 0 saturated heterocycles. The largest absolute Gasteiger partial charge is 0.309 e. The maximum atomic E-state index is 2.68. The van der Waals surface area contributed by atoms with Crippen LogP contribution in [-0.4, -0.2) is 0 Å². The fourth-order valence-corrected chi connectivity index (χ4v) is 11.1. The molecule has 8 aromatic rings. The Hall–Kier alpha value is -6.44. The highest BCUT2D eigenvalue weighted by molar-refractivity contribution is 6.10. The lowest BCUT2D eigenvalue weighted by atomic mass is 9.73. The van der Waals surface area contributed by atoms with Gasteiger partial charge in [-0.15, -0.1) is 0 Å². The van der Waals surface area contributed by atoms with Crippen molar-refractivity contribution >= 4 is 17.1 Å². The first-order valence-electron chi connectivity index (χ1n) is 20.8. The lowest BCUT2D eigenvalue weighted by Crippen LogP contribution is -2.26. The van der Waals surface area contributed by atoms with Crippen molar-refractivity contribution in [3.63, 3.8) is 0 Å². The minimum absolute atomic E-state index is 0.154. The maximum Gasteiger partial charge on any atom is 0.0556 e. The Morgan fingerprint density at radius 2 is 0.759 bits per heavy atom. The van der Waals surface area contributed by atoms with E-state index in [1.54, 1.807) is 0 Å². The quantitative estimate of drug-likeness (QED) is 0.170. The average molecular weight is 746 g/mol. The predicted octanol–water partition coefficient (Wildman–Crippen LogP) is 15.4. The molecular weight excluding hydrogens is 699 g/mol. The molecule has 0 radical (unpaired) electrons. The van der Waals surface area contributed by atoms with Crippen LogP contribution in [0.5, 0.6) is 0 Å². The zero-order chi connectivity index (χ0) is 39.6. The minimum atomic E-state index is -0.309. The number of fused-ring (bicyclic) bond motifs is 9. The summed E-state index contributed by atoms with van der Waals surface area (Å²) < 4.78 is 0. The molecule has 0 aromatic heterocycles. The van der Waals surface area contributed by atoms with Gasteiger partial charge in [0.25, 0.3) is 0 Å². The number of benzene rings is 8. The molecule has 0 spiro atoms. The fourth-order valence-electron chi connectivity index (χ4n) is 11.1. The molecule has 280 valence electrons. The van der Waals surface area contributed by atoms with Gasteiger partial charge in [0.1, 0.15) is 0 Å².